The lowest BCUT2D eigenvalue weighted by molar-refractivity contribution is 0.315. The van der Waals surface area contributed by atoms with E-state index in [1.807, 2.05) is 13.8 Å². The Balaban J connectivity index is 0.000000200. The Morgan fingerprint density at radius 3 is 1.50 bits per heavy atom. The zero-order valence-electron chi connectivity index (χ0n) is 13.6. The van der Waals surface area contributed by atoms with Crippen LogP contribution in [0.15, 0.2) is 9.05 Å². The van der Waals surface area contributed by atoms with Crippen LogP contribution in [0, 0.1) is 13.8 Å². The highest BCUT2D eigenvalue weighted by molar-refractivity contribution is 5.13. The summed E-state index contributed by atoms with van der Waals surface area (Å²) in [6.45, 7) is 16.2. The molecular formula is C14H24N4O2. The Hall–Kier alpha value is -1.72. The van der Waals surface area contributed by atoms with Gasteiger partial charge in [-0.3, -0.25) is 0 Å². The molecule has 0 saturated carbocycles. The predicted octanol–water partition coefficient (Wildman–Crippen LogP) is 3.35. The molecule has 0 aliphatic heterocycles. The lowest BCUT2D eigenvalue weighted by Crippen LogP contribution is -2.12. The fourth-order valence-corrected chi connectivity index (χ4v) is 1.83. The van der Waals surface area contributed by atoms with Gasteiger partial charge in [0.15, 0.2) is 11.5 Å². The van der Waals surface area contributed by atoms with Gasteiger partial charge in [0.25, 0.3) is 0 Å². The third-order valence-electron chi connectivity index (χ3n) is 2.70. The SMILES string of the molecule is Cc1nnoc1C(C)(C)C.Cc1onnc1C(C)(C)C. The maximum Gasteiger partial charge on any atom is 0.165 e. The first kappa shape index (κ1) is 16.3. The molecule has 0 saturated heterocycles. The summed E-state index contributed by atoms with van der Waals surface area (Å²) in [5.41, 5.74) is 1.89. The van der Waals surface area contributed by atoms with E-state index >= 15 is 0 Å². The Labute approximate surface area is 119 Å². The maximum atomic E-state index is 4.97. The van der Waals surface area contributed by atoms with Crippen molar-refractivity contribution in [3.8, 4) is 0 Å². The van der Waals surface area contributed by atoms with Crippen LogP contribution in [0.3, 0.4) is 0 Å². The number of nitrogens with zero attached hydrogens (tertiary/aromatic N) is 4. The summed E-state index contributed by atoms with van der Waals surface area (Å²) in [5, 5.41) is 14.6. The molecule has 2 heterocycles. The molecule has 2 aromatic rings. The first-order chi connectivity index (χ1) is 9.03. The number of rotatable bonds is 0. The normalized spacial score (nSPS) is 12.0. The lowest BCUT2D eigenvalue weighted by Gasteiger charge is -2.13. The zero-order chi connectivity index (χ0) is 15.6. The second-order valence-corrected chi connectivity index (χ2v) is 6.87. The van der Waals surface area contributed by atoms with Crippen LogP contribution in [0.4, 0.5) is 0 Å². The van der Waals surface area contributed by atoms with Crippen molar-refractivity contribution in [3.63, 3.8) is 0 Å². The average Bonchev–Trinajstić information content (AvgIpc) is 2.85. The van der Waals surface area contributed by atoms with Crippen LogP contribution in [0.1, 0.15) is 64.5 Å². The number of hydrogen-bond donors (Lipinski definition) is 0. The molecule has 0 unspecified atom stereocenters. The van der Waals surface area contributed by atoms with Gasteiger partial charge in [0.05, 0.1) is 0 Å². The van der Waals surface area contributed by atoms with Gasteiger partial charge in [-0.2, -0.15) is 0 Å². The van der Waals surface area contributed by atoms with E-state index in [1.54, 1.807) is 0 Å². The molecule has 0 aliphatic carbocycles. The maximum absolute atomic E-state index is 4.97. The van der Waals surface area contributed by atoms with Crippen molar-refractivity contribution in [2.75, 3.05) is 0 Å². The van der Waals surface area contributed by atoms with Crippen molar-refractivity contribution < 1.29 is 9.05 Å². The standard InChI is InChI=1S/2C7H12N2O/c1-5-6(7(2,3)4)8-9-10-5;1-5-6(7(2,3)4)10-9-8-5/h2*1-4H3. The summed E-state index contributed by atoms with van der Waals surface area (Å²) >= 11 is 0. The Kier molecular flexibility index (Phi) is 4.68. The number of aryl methyl sites for hydroxylation is 2. The van der Waals surface area contributed by atoms with Crippen LogP contribution in [-0.2, 0) is 10.8 Å². The summed E-state index contributed by atoms with van der Waals surface area (Å²) in [6.07, 6.45) is 0. The van der Waals surface area contributed by atoms with Gasteiger partial charge >= 0.3 is 0 Å². The van der Waals surface area contributed by atoms with Gasteiger partial charge in [-0.1, -0.05) is 41.5 Å². The van der Waals surface area contributed by atoms with E-state index in [1.165, 1.54) is 0 Å². The minimum atomic E-state index is 0.0214. The molecule has 0 N–H and O–H groups in total. The van der Waals surface area contributed by atoms with E-state index in [2.05, 4.69) is 62.3 Å². The summed E-state index contributed by atoms with van der Waals surface area (Å²) in [5.74, 6) is 1.68. The van der Waals surface area contributed by atoms with Crippen molar-refractivity contribution in [1.29, 1.82) is 0 Å². The lowest BCUT2D eigenvalue weighted by atomic mass is 9.91. The van der Waals surface area contributed by atoms with Crippen molar-refractivity contribution in [2.24, 2.45) is 0 Å². The Morgan fingerprint density at radius 1 is 0.750 bits per heavy atom. The molecule has 0 aliphatic rings. The minimum Gasteiger partial charge on any atom is -0.342 e. The number of aromatic nitrogens is 4. The van der Waals surface area contributed by atoms with Crippen molar-refractivity contribution >= 4 is 0 Å². The van der Waals surface area contributed by atoms with Crippen LogP contribution in [-0.4, -0.2) is 20.7 Å². The van der Waals surface area contributed by atoms with Crippen LogP contribution in [0.5, 0.6) is 0 Å². The van der Waals surface area contributed by atoms with E-state index in [0.717, 1.165) is 22.9 Å². The van der Waals surface area contributed by atoms with Gasteiger partial charge in [-0.05, 0) is 13.8 Å². The van der Waals surface area contributed by atoms with Crippen LogP contribution in [0.2, 0.25) is 0 Å². The molecule has 0 radical (unpaired) electrons. The summed E-state index contributed by atoms with van der Waals surface area (Å²) in [7, 11) is 0. The predicted molar refractivity (Wildman–Crippen MR) is 75.5 cm³/mol. The van der Waals surface area contributed by atoms with Crippen molar-refractivity contribution in [1.82, 2.24) is 20.7 Å². The van der Waals surface area contributed by atoms with Crippen LogP contribution in [0.25, 0.3) is 0 Å². The summed E-state index contributed by atoms with van der Waals surface area (Å²) in [4.78, 5) is 0. The van der Waals surface area contributed by atoms with Crippen LogP contribution >= 0.6 is 0 Å². The highest BCUT2D eigenvalue weighted by Crippen LogP contribution is 2.23. The molecule has 2 rings (SSSR count). The quantitative estimate of drug-likeness (QED) is 0.736. The fraction of sp³-hybridized carbons (Fsp3) is 0.714. The van der Waals surface area contributed by atoms with Gasteiger partial charge in [0, 0.05) is 21.4 Å². The smallest absolute Gasteiger partial charge is 0.165 e. The highest BCUT2D eigenvalue weighted by atomic mass is 16.5. The number of hydrogen-bond acceptors (Lipinski definition) is 6. The topological polar surface area (TPSA) is 77.8 Å². The van der Waals surface area contributed by atoms with E-state index < -0.39 is 0 Å². The molecule has 2 aromatic heterocycles. The molecule has 0 amide bonds. The van der Waals surface area contributed by atoms with E-state index in [4.69, 9.17) is 9.05 Å². The molecule has 0 bridgehead atoms. The minimum absolute atomic E-state index is 0.0214. The van der Waals surface area contributed by atoms with Gasteiger partial charge in [-0.15, -0.1) is 10.2 Å². The monoisotopic (exact) mass is 280 g/mol. The molecule has 0 atom stereocenters. The summed E-state index contributed by atoms with van der Waals surface area (Å²) < 4.78 is 9.80. The molecular weight excluding hydrogens is 256 g/mol. The van der Waals surface area contributed by atoms with Gasteiger partial charge in [0.2, 0.25) is 0 Å². The fourth-order valence-electron chi connectivity index (χ4n) is 1.83. The molecule has 0 spiro atoms. The molecule has 0 aromatic carbocycles. The Morgan fingerprint density at radius 2 is 1.30 bits per heavy atom. The van der Waals surface area contributed by atoms with E-state index in [0.29, 0.717) is 0 Å². The molecule has 6 nitrogen and oxygen atoms in total. The van der Waals surface area contributed by atoms with Gasteiger partial charge in [-0.25, -0.2) is 0 Å². The third-order valence-corrected chi connectivity index (χ3v) is 2.70. The second kappa shape index (κ2) is 5.73. The second-order valence-electron chi connectivity index (χ2n) is 6.87. The molecule has 6 heteroatoms. The zero-order valence-corrected chi connectivity index (χ0v) is 13.6. The molecule has 112 valence electrons. The summed E-state index contributed by atoms with van der Waals surface area (Å²) in [6, 6.07) is 0. The van der Waals surface area contributed by atoms with Crippen molar-refractivity contribution in [3.05, 3.63) is 22.9 Å². The first-order valence-electron chi connectivity index (χ1n) is 6.62. The van der Waals surface area contributed by atoms with E-state index in [9.17, 15) is 0 Å². The molecule has 0 fully saturated rings. The third kappa shape index (κ3) is 4.15. The largest absolute Gasteiger partial charge is 0.342 e. The van der Waals surface area contributed by atoms with Gasteiger partial charge < -0.3 is 9.05 Å². The van der Waals surface area contributed by atoms with E-state index in [-0.39, 0.29) is 10.8 Å². The average molecular weight is 280 g/mol. The Bertz CT molecular complexity index is 494. The molecule has 20 heavy (non-hydrogen) atoms. The van der Waals surface area contributed by atoms with Crippen LogP contribution < -0.4 is 0 Å². The van der Waals surface area contributed by atoms with Crippen molar-refractivity contribution in [2.45, 2.75) is 66.2 Å². The van der Waals surface area contributed by atoms with Gasteiger partial charge in [0.1, 0.15) is 11.4 Å². The first-order valence-corrected chi connectivity index (χ1v) is 6.62. The highest BCUT2D eigenvalue weighted by Gasteiger charge is 2.22.